The molecule has 210 valence electrons. The molecule has 11 heteroatoms. The standard InChI is InChI=1S/C27H28N4O2.C2HF3O2/c1-30-11-13-31(14-12-30)19-24-16-22(9-10-26(24)33-2)21-6-4-8-25(17-21)29-27(32)23-7-3-5-20(15-23)18-28;3-2(4,5)1(6)7/h3-10,15-17H,11-14,19H2,1-2H3,(H,29,32);(H,6,7). The predicted octanol–water partition coefficient (Wildman–Crippen LogP) is 4.87. The molecule has 1 aliphatic rings. The summed E-state index contributed by atoms with van der Waals surface area (Å²) in [6, 6.07) is 22.8. The minimum Gasteiger partial charge on any atom is -0.496 e. The Balaban J connectivity index is 0.000000559. The third kappa shape index (κ3) is 8.56. The number of rotatable bonds is 6. The van der Waals surface area contributed by atoms with Crippen LogP contribution in [0.25, 0.3) is 11.1 Å². The second kappa shape index (κ2) is 13.6. The molecule has 40 heavy (non-hydrogen) atoms. The number of carbonyl (C=O) groups is 2. The second-order valence-electron chi connectivity index (χ2n) is 9.14. The van der Waals surface area contributed by atoms with Gasteiger partial charge in [0.15, 0.2) is 0 Å². The number of nitriles is 1. The van der Waals surface area contributed by atoms with Gasteiger partial charge in [0.25, 0.3) is 5.91 Å². The molecule has 0 unspecified atom stereocenters. The molecule has 8 nitrogen and oxygen atoms in total. The highest BCUT2D eigenvalue weighted by Gasteiger charge is 2.38. The lowest BCUT2D eigenvalue weighted by Crippen LogP contribution is -2.43. The molecule has 1 saturated heterocycles. The topological polar surface area (TPSA) is 106 Å². The van der Waals surface area contributed by atoms with Crippen LogP contribution >= 0.6 is 0 Å². The number of nitrogens with one attached hydrogen (secondary N) is 1. The third-order valence-electron chi connectivity index (χ3n) is 6.22. The minimum absolute atomic E-state index is 0.241. The number of hydrogen-bond acceptors (Lipinski definition) is 6. The average molecular weight is 555 g/mol. The summed E-state index contributed by atoms with van der Waals surface area (Å²) in [7, 11) is 3.87. The molecule has 1 amide bonds. The molecule has 0 aliphatic carbocycles. The van der Waals surface area contributed by atoms with Crippen molar-refractivity contribution >= 4 is 17.6 Å². The van der Waals surface area contributed by atoms with Crippen molar-refractivity contribution in [3.8, 4) is 22.9 Å². The molecule has 2 N–H and O–H groups in total. The summed E-state index contributed by atoms with van der Waals surface area (Å²) >= 11 is 0. The van der Waals surface area contributed by atoms with Gasteiger partial charge >= 0.3 is 12.1 Å². The molecule has 1 aliphatic heterocycles. The number of halogens is 3. The van der Waals surface area contributed by atoms with Gasteiger partial charge in [-0.1, -0.05) is 24.3 Å². The number of hydrogen-bond donors (Lipinski definition) is 2. The number of benzene rings is 3. The van der Waals surface area contributed by atoms with Gasteiger partial charge in [0.2, 0.25) is 0 Å². The summed E-state index contributed by atoms with van der Waals surface area (Å²) < 4.78 is 37.4. The maximum Gasteiger partial charge on any atom is 0.490 e. The molecule has 1 heterocycles. The minimum atomic E-state index is -5.08. The van der Waals surface area contributed by atoms with Crippen LogP contribution in [-0.2, 0) is 11.3 Å². The fourth-order valence-electron chi connectivity index (χ4n) is 4.04. The summed E-state index contributed by atoms with van der Waals surface area (Å²) in [6.07, 6.45) is -5.08. The lowest BCUT2D eigenvalue weighted by atomic mass is 10.0. The van der Waals surface area contributed by atoms with Crippen molar-refractivity contribution in [3.05, 3.63) is 83.4 Å². The lowest BCUT2D eigenvalue weighted by molar-refractivity contribution is -0.192. The molecule has 0 aromatic heterocycles. The highest BCUT2D eigenvalue weighted by Crippen LogP contribution is 2.29. The number of carboxylic acids is 1. The van der Waals surface area contributed by atoms with Crippen molar-refractivity contribution in [2.75, 3.05) is 45.7 Å². The van der Waals surface area contributed by atoms with Crippen molar-refractivity contribution in [2.24, 2.45) is 0 Å². The molecule has 0 atom stereocenters. The second-order valence-corrected chi connectivity index (χ2v) is 9.14. The van der Waals surface area contributed by atoms with Gasteiger partial charge in [-0.05, 0) is 60.6 Å². The molecular formula is C29H29F3N4O4. The number of alkyl halides is 3. The van der Waals surface area contributed by atoms with E-state index in [2.05, 4.69) is 34.3 Å². The number of amides is 1. The Kier molecular flexibility index (Phi) is 10.2. The summed E-state index contributed by atoms with van der Waals surface area (Å²) in [5.41, 5.74) is 4.86. The van der Waals surface area contributed by atoms with Crippen molar-refractivity contribution in [1.29, 1.82) is 5.26 Å². The van der Waals surface area contributed by atoms with Crippen molar-refractivity contribution in [2.45, 2.75) is 12.7 Å². The third-order valence-corrected chi connectivity index (χ3v) is 6.22. The zero-order valence-corrected chi connectivity index (χ0v) is 22.0. The largest absolute Gasteiger partial charge is 0.496 e. The number of anilines is 1. The van der Waals surface area contributed by atoms with E-state index in [1.54, 1.807) is 31.4 Å². The van der Waals surface area contributed by atoms with Crippen molar-refractivity contribution < 1.29 is 32.6 Å². The fourth-order valence-corrected chi connectivity index (χ4v) is 4.04. The van der Waals surface area contributed by atoms with E-state index in [1.165, 1.54) is 0 Å². The van der Waals surface area contributed by atoms with Crippen LogP contribution in [0.2, 0.25) is 0 Å². The van der Waals surface area contributed by atoms with Gasteiger partial charge in [-0.2, -0.15) is 18.4 Å². The smallest absolute Gasteiger partial charge is 0.490 e. The molecule has 4 rings (SSSR count). The van der Waals surface area contributed by atoms with Gasteiger partial charge in [0.1, 0.15) is 5.75 Å². The number of aliphatic carboxylic acids is 1. The number of ether oxygens (including phenoxy) is 1. The van der Waals surface area contributed by atoms with Crippen molar-refractivity contribution in [1.82, 2.24) is 9.80 Å². The zero-order valence-electron chi connectivity index (χ0n) is 22.0. The quantitative estimate of drug-likeness (QED) is 0.448. The van der Waals surface area contributed by atoms with E-state index in [1.807, 2.05) is 36.4 Å². The van der Waals surface area contributed by atoms with Gasteiger partial charge in [-0.3, -0.25) is 9.69 Å². The van der Waals surface area contributed by atoms with E-state index in [4.69, 9.17) is 19.9 Å². The highest BCUT2D eigenvalue weighted by molar-refractivity contribution is 6.04. The first kappa shape index (κ1) is 30.1. The number of likely N-dealkylation sites (N-methyl/N-ethyl adjacent to an activating group) is 1. The van der Waals surface area contributed by atoms with Crippen molar-refractivity contribution in [3.63, 3.8) is 0 Å². The molecule has 0 spiro atoms. The zero-order chi connectivity index (χ0) is 29.3. The van der Waals surface area contributed by atoms with Crippen LogP contribution in [-0.4, -0.2) is 73.3 Å². The fraction of sp³-hybridized carbons (Fsp3) is 0.276. The molecule has 1 fully saturated rings. The molecule has 0 saturated carbocycles. The van der Waals surface area contributed by atoms with E-state index in [9.17, 15) is 18.0 Å². The van der Waals surface area contributed by atoms with E-state index in [0.717, 1.165) is 55.2 Å². The van der Waals surface area contributed by atoms with E-state index in [-0.39, 0.29) is 5.91 Å². The van der Waals surface area contributed by atoms with Gasteiger partial charge in [-0.25, -0.2) is 4.79 Å². The van der Waals surface area contributed by atoms with E-state index >= 15 is 0 Å². The van der Waals surface area contributed by atoms with Crippen LogP contribution in [0.1, 0.15) is 21.5 Å². The molecule has 0 radical (unpaired) electrons. The van der Waals surface area contributed by atoms with Crippen LogP contribution in [0.15, 0.2) is 66.7 Å². The van der Waals surface area contributed by atoms with E-state index < -0.39 is 12.1 Å². The maximum absolute atomic E-state index is 12.7. The van der Waals surface area contributed by atoms with Gasteiger partial charge in [0, 0.05) is 49.5 Å². The number of nitrogens with zero attached hydrogens (tertiary/aromatic N) is 3. The summed E-state index contributed by atoms with van der Waals surface area (Å²) in [4.78, 5) is 26.4. The van der Waals surface area contributed by atoms with Gasteiger partial charge < -0.3 is 20.1 Å². The first-order valence-corrected chi connectivity index (χ1v) is 12.3. The predicted molar refractivity (Wildman–Crippen MR) is 144 cm³/mol. The molecule has 0 bridgehead atoms. The Hall–Kier alpha value is -4.40. The number of piperazine rings is 1. The molecular weight excluding hydrogens is 525 g/mol. The van der Waals surface area contributed by atoms with E-state index in [0.29, 0.717) is 16.8 Å². The molecule has 3 aromatic rings. The van der Waals surface area contributed by atoms with Crippen LogP contribution in [0.4, 0.5) is 18.9 Å². The Bertz CT molecular complexity index is 1380. The summed E-state index contributed by atoms with van der Waals surface area (Å²) in [5.74, 6) is -2.11. The summed E-state index contributed by atoms with van der Waals surface area (Å²) in [6.45, 7) is 5.06. The summed E-state index contributed by atoms with van der Waals surface area (Å²) in [5, 5.41) is 19.1. The van der Waals surface area contributed by atoms with Crippen LogP contribution in [0.5, 0.6) is 5.75 Å². The Labute approximate surface area is 230 Å². The monoisotopic (exact) mass is 554 g/mol. The number of carbonyl (C=O) groups excluding carboxylic acids is 1. The number of methoxy groups -OCH3 is 1. The highest BCUT2D eigenvalue weighted by atomic mass is 19.4. The number of carboxylic acid groups (broad SMARTS) is 1. The van der Waals surface area contributed by atoms with Gasteiger partial charge in [-0.15, -0.1) is 0 Å². The first-order valence-electron chi connectivity index (χ1n) is 12.3. The molecule has 3 aromatic carbocycles. The SMILES string of the molecule is COc1ccc(-c2cccc(NC(=O)c3cccc(C#N)c3)c2)cc1CN1CCN(C)CC1.O=C(O)C(F)(F)F. The Morgan fingerprint density at radius 3 is 2.27 bits per heavy atom. The Morgan fingerprint density at radius 2 is 1.65 bits per heavy atom. The average Bonchev–Trinajstić information content (AvgIpc) is 2.94. The van der Waals surface area contributed by atoms with Crippen LogP contribution in [0.3, 0.4) is 0 Å². The maximum atomic E-state index is 12.7. The van der Waals surface area contributed by atoms with Crippen LogP contribution < -0.4 is 10.1 Å². The lowest BCUT2D eigenvalue weighted by Gasteiger charge is -2.32. The van der Waals surface area contributed by atoms with Crippen LogP contribution in [0, 0.1) is 11.3 Å². The normalized spacial score (nSPS) is 13.9. The Morgan fingerprint density at radius 1 is 1.00 bits per heavy atom. The van der Waals surface area contributed by atoms with Gasteiger partial charge in [0.05, 0.1) is 18.7 Å². The first-order chi connectivity index (χ1) is 19.0.